The van der Waals surface area contributed by atoms with Crippen molar-refractivity contribution in [1.29, 1.82) is 0 Å². The number of hydrogen-bond acceptors (Lipinski definition) is 3. The monoisotopic (exact) mass is 284 g/mol. The number of benzene rings is 1. The molecular formula is C16H16N2O3. The average molecular weight is 284 g/mol. The largest absolute Gasteiger partial charge is 0.331 e. The normalized spacial score (nSPS) is 10.3. The lowest BCUT2D eigenvalue weighted by molar-refractivity contribution is 0.101. The van der Waals surface area contributed by atoms with Crippen molar-refractivity contribution in [2.75, 3.05) is 0 Å². The zero-order chi connectivity index (χ0) is 15.4. The molecule has 0 radical (unpaired) electrons. The van der Waals surface area contributed by atoms with Crippen molar-refractivity contribution in [3.05, 3.63) is 81.1 Å². The van der Waals surface area contributed by atoms with Gasteiger partial charge in [0.05, 0.1) is 12.1 Å². The standard InChI is InChI=1S/C16H16N2O3/c1-3-9-17-11-14(12(2)19)15(20)18(16(17)21)10-13-7-5-4-6-8-13/h3-8,11H,1,9-10H2,2H3. The summed E-state index contributed by atoms with van der Waals surface area (Å²) < 4.78 is 2.39. The molecule has 0 unspecified atom stereocenters. The van der Waals surface area contributed by atoms with E-state index in [1.807, 2.05) is 30.3 Å². The molecule has 0 aliphatic heterocycles. The molecule has 5 heteroatoms. The smallest absolute Gasteiger partial charge is 0.296 e. The van der Waals surface area contributed by atoms with Gasteiger partial charge in [-0.15, -0.1) is 6.58 Å². The summed E-state index contributed by atoms with van der Waals surface area (Å²) in [6, 6.07) is 9.16. The van der Waals surface area contributed by atoms with E-state index in [2.05, 4.69) is 6.58 Å². The van der Waals surface area contributed by atoms with Crippen LogP contribution in [0.3, 0.4) is 0 Å². The van der Waals surface area contributed by atoms with Gasteiger partial charge in [-0.25, -0.2) is 4.79 Å². The predicted octanol–water partition coefficient (Wildman–Crippen LogP) is 1.45. The number of carbonyl (C=O) groups is 1. The molecule has 0 atom stereocenters. The first kappa shape index (κ1) is 14.7. The van der Waals surface area contributed by atoms with Gasteiger partial charge in [0.2, 0.25) is 0 Å². The van der Waals surface area contributed by atoms with Crippen molar-refractivity contribution < 1.29 is 4.79 Å². The molecule has 0 aliphatic rings. The Morgan fingerprint density at radius 3 is 2.48 bits per heavy atom. The highest BCUT2D eigenvalue weighted by Gasteiger charge is 2.14. The predicted molar refractivity (Wildman–Crippen MR) is 80.7 cm³/mol. The minimum atomic E-state index is -0.559. The highest BCUT2D eigenvalue weighted by atomic mass is 16.2. The summed E-state index contributed by atoms with van der Waals surface area (Å²) in [5.74, 6) is -0.361. The number of Topliss-reactive ketones (excluding diaryl/α,β-unsaturated/α-hetero) is 1. The molecule has 21 heavy (non-hydrogen) atoms. The molecule has 1 heterocycles. The van der Waals surface area contributed by atoms with Crippen LogP contribution in [0.2, 0.25) is 0 Å². The summed E-state index contributed by atoms with van der Waals surface area (Å²) in [5.41, 5.74) is -0.180. The second kappa shape index (κ2) is 6.17. The first-order valence-corrected chi connectivity index (χ1v) is 6.54. The van der Waals surface area contributed by atoms with Gasteiger partial charge >= 0.3 is 5.69 Å². The van der Waals surface area contributed by atoms with Crippen molar-refractivity contribution in [3.8, 4) is 0 Å². The molecular weight excluding hydrogens is 268 g/mol. The Labute approximate surface area is 121 Å². The minimum Gasteiger partial charge on any atom is -0.296 e. The topological polar surface area (TPSA) is 61.1 Å². The summed E-state index contributed by atoms with van der Waals surface area (Å²) in [5, 5.41) is 0. The van der Waals surface area contributed by atoms with Crippen molar-refractivity contribution in [2.24, 2.45) is 0 Å². The quantitative estimate of drug-likeness (QED) is 0.616. The van der Waals surface area contributed by atoms with Crippen LogP contribution in [0.5, 0.6) is 0 Å². The lowest BCUT2D eigenvalue weighted by Crippen LogP contribution is -2.42. The Morgan fingerprint density at radius 2 is 1.90 bits per heavy atom. The third kappa shape index (κ3) is 3.08. The molecule has 0 aliphatic carbocycles. The van der Waals surface area contributed by atoms with Crippen LogP contribution in [0.4, 0.5) is 0 Å². The molecule has 1 aromatic carbocycles. The third-order valence-corrected chi connectivity index (χ3v) is 3.13. The van der Waals surface area contributed by atoms with E-state index < -0.39 is 11.2 Å². The van der Waals surface area contributed by atoms with Gasteiger partial charge in [0.15, 0.2) is 5.78 Å². The Morgan fingerprint density at radius 1 is 1.24 bits per heavy atom. The van der Waals surface area contributed by atoms with E-state index in [0.717, 1.165) is 10.1 Å². The zero-order valence-electron chi connectivity index (χ0n) is 11.8. The maximum absolute atomic E-state index is 12.3. The van der Waals surface area contributed by atoms with Crippen LogP contribution >= 0.6 is 0 Å². The second-order valence-electron chi connectivity index (χ2n) is 4.70. The molecule has 5 nitrogen and oxygen atoms in total. The van der Waals surface area contributed by atoms with E-state index in [9.17, 15) is 14.4 Å². The summed E-state index contributed by atoms with van der Waals surface area (Å²) in [7, 11) is 0. The Bertz CT molecular complexity index is 785. The summed E-state index contributed by atoms with van der Waals surface area (Å²) in [6.45, 7) is 5.27. The molecule has 0 saturated carbocycles. The molecule has 0 spiro atoms. The molecule has 0 N–H and O–H groups in total. The molecule has 1 aromatic heterocycles. The van der Waals surface area contributed by atoms with Crippen molar-refractivity contribution >= 4 is 5.78 Å². The highest BCUT2D eigenvalue weighted by molar-refractivity contribution is 5.93. The van der Waals surface area contributed by atoms with Gasteiger partial charge in [-0.3, -0.25) is 18.7 Å². The maximum Gasteiger partial charge on any atom is 0.331 e. The fourth-order valence-electron chi connectivity index (χ4n) is 2.07. The SMILES string of the molecule is C=CCn1cc(C(C)=O)c(=O)n(Cc2ccccc2)c1=O. The number of allylic oxidation sites excluding steroid dienone is 1. The molecule has 2 rings (SSSR count). The lowest BCUT2D eigenvalue weighted by atomic mass is 10.2. The molecule has 0 saturated heterocycles. The molecule has 0 bridgehead atoms. The number of carbonyl (C=O) groups excluding carboxylic acids is 1. The first-order valence-electron chi connectivity index (χ1n) is 6.54. The molecule has 108 valence electrons. The minimum absolute atomic E-state index is 0.00683. The van der Waals surface area contributed by atoms with Gasteiger partial charge in [0.25, 0.3) is 5.56 Å². The fourth-order valence-corrected chi connectivity index (χ4v) is 2.07. The van der Waals surface area contributed by atoms with E-state index >= 15 is 0 Å². The fraction of sp³-hybridized carbons (Fsp3) is 0.188. The van der Waals surface area contributed by atoms with Gasteiger partial charge < -0.3 is 0 Å². The Hall–Kier alpha value is -2.69. The van der Waals surface area contributed by atoms with Gasteiger partial charge in [-0.1, -0.05) is 36.4 Å². The number of aromatic nitrogens is 2. The molecule has 2 aromatic rings. The summed E-state index contributed by atoms with van der Waals surface area (Å²) >= 11 is 0. The average Bonchev–Trinajstić information content (AvgIpc) is 2.47. The maximum atomic E-state index is 12.3. The van der Waals surface area contributed by atoms with Crippen LogP contribution in [0.1, 0.15) is 22.8 Å². The van der Waals surface area contributed by atoms with E-state index in [4.69, 9.17) is 0 Å². The van der Waals surface area contributed by atoms with Gasteiger partial charge in [0.1, 0.15) is 0 Å². The van der Waals surface area contributed by atoms with Gasteiger partial charge in [0, 0.05) is 12.7 Å². The zero-order valence-corrected chi connectivity index (χ0v) is 11.8. The van der Waals surface area contributed by atoms with Crippen LogP contribution in [0.15, 0.2) is 58.8 Å². The molecule has 0 amide bonds. The first-order chi connectivity index (χ1) is 10.0. The number of hydrogen-bond donors (Lipinski definition) is 0. The van der Waals surface area contributed by atoms with Gasteiger partial charge in [-0.05, 0) is 12.5 Å². The van der Waals surface area contributed by atoms with Crippen molar-refractivity contribution in [2.45, 2.75) is 20.0 Å². The van der Waals surface area contributed by atoms with E-state index in [1.54, 1.807) is 6.08 Å². The van der Waals surface area contributed by atoms with Gasteiger partial charge in [-0.2, -0.15) is 0 Å². The number of rotatable bonds is 5. The Kier molecular flexibility index (Phi) is 4.33. The van der Waals surface area contributed by atoms with E-state index in [1.165, 1.54) is 17.7 Å². The van der Waals surface area contributed by atoms with E-state index in [0.29, 0.717) is 0 Å². The number of ketones is 1. The second-order valence-corrected chi connectivity index (χ2v) is 4.70. The van der Waals surface area contributed by atoms with Crippen molar-refractivity contribution in [1.82, 2.24) is 9.13 Å². The third-order valence-electron chi connectivity index (χ3n) is 3.13. The van der Waals surface area contributed by atoms with Crippen LogP contribution in [-0.2, 0) is 13.1 Å². The summed E-state index contributed by atoms with van der Waals surface area (Å²) in [6.07, 6.45) is 2.85. The number of nitrogens with zero attached hydrogens (tertiary/aromatic N) is 2. The lowest BCUT2D eigenvalue weighted by Gasteiger charge is -2.11. The van der Waals surface area contributed by atoms with Crippen LogP contribution in [0, 0.1) is 0 Å². The highest BCUT2D eigenvalue weighted by Crippen LogP contribution is 2.00. The molecule has 0 fully saturated rings. The Balaban J connectivity index is 2.63. The van der Waals surface area contributed by atoms with Crippen LogP contribution in [0.25, 0.3) is 0 Å². The van der Waals surface area contributed by atoms with Crippen LogP contribution < -0.4 is 11.2 Å². The van der Waals surface area contributed by atoms with Crippen molar-refractivity contribution in [3.63, 3.8) is 0 Å². The van der Waals surface area contributed by atoms with E-state index in [-0.39, 0.29) is 24.4 Å². The summed E-state index contributed by atoms with van der Waals surface area (Å²) in [4.78, 5) is 36.2. The van der Waals surface area contributed by atoms with Crippen LogP contribution in [-0.4, -0.2) is 14.9 Å².